The molecule has 5 nitrogen and oxygen atoms in total. The van der Waals surface area contributed by atoms with Gasteiger partial charge in [-0.3, -0.25) is 0 Å². The molecule has 15 heavy (non-hydrogen) atoms. The molecule has 1 rings (SSSR count). The number of hydrogen-bond donors (Lipinski definition) is 2. The molecule has 0 unspecified atom stereocenters. The number of nitrogen functional groups attached to an aromatic ring is 1. The average molecular weight is 230 g/mol. The molecular formula is C9H8ClNO4. The van der Waals surface area contributed by atoms with Crippen molar-refractivity contribution >= 4 is 29.2 Å². The molecule has 3 N–H and O–H groups in total. The van der Waals surface area contributed by atoms with E-state index < -0.39 is 18.5 Å². The van der Waals surface area contributed by atoms with Crippen LogP contribution in [0.25, 0.3) is 0 Å². The maximum Gasteiger partial charge on any atom is 0.341 e. The van der Waals surface area contributed by atoms with Gasteiger partial charge in [0.2, 0.25) is 0 Å². The Morgan fingerprint density at radius 3 is 2.67 bits per heavy atom. The fourth-order valence-electron chi connectivity index (χ4n) is 0.865. The van der Waals surface area contributed by atoms with Gasteiger partial charge in [0.1, 0.15) is 0 Å². The molecule has 0 saturated heterocycles. The number of benzene rings is 1. The number of halogens is 1. The number of carboxylic acids is 1. The molecule has 0 fully saturated rings. The van der Waals surface area contributed by atoms with E-state index in [1.54, 1.807) is 0 Å². The molecule has 0 aliphatic heterocycles. The Balaban J connectivity index is 2.74. The van der Waals surface area contributed by atoms with Crippen LogP contribution in [0.2, 0.25) is 5.02 Å². The lowest BCUT2D eigenvalue weighted by molar-refractivity contribution is -0.140. The van der Waals surface area contributed by atoms with Crippen LogP contribution in [0.15, 0.2) is 18.2 Å². The second-order valence-corrected chi connectivity index (χ2v) is 3.11. The largest absolute Gasteiger partial charge is 0.479 e. The van der Waals surface area contributed by atoms with Gasteiger partial charge in [0.15, 0.2) is 6.61 Å². The van der Waals surface area contributed by atoms with Crippen molar-refractivity contribution in [2.24, 2.45) is 0 Å². The number of ether oxygens (including phenoxy) is 1. The first-order valence-corrected chi connectivity index (χ1v) is 4.32. The second kappa shape index (κ2) is 4.65. The summed E-state index contributed by atoms with van der Waals surface area (Å²) in [6.07, 6.45) is 0. The van der Waals surface area contributed by atoms with Crippen molar-refractivity contribution in [3.63, 3.8) is 0 Å². The van der Waals surface area contributed by atoms with Gasteiger partial charge in [0.25, 0.3) is 0 Å². The minimum atomic E-state index is -1.22. The van der Waals surface area contributed by atoms with E-state index in [1.165, 1.54) is 18.2 Å². The van der Waals surface area contributed by atoms with Gasteiger partial charge in [-0.1, -0.05) is 11.6 Å². The van der Waals surface area contributed by atoms with E-state index >= 15 is 0 Å². The lowest BCUT2D eigenvalue weighted by Crippen LogP contribution is -2.13. The molecule has 0 aliphatic rings. The molecule has 0 aromatic heterocycles. The molecule has 0 radical (unpaired) electrons. The van der Waals surface area contributed by atoms with Crippen molar-refractivity contribution < 1.29 is 19.4 Å². The summed E-state index contributed by atoms with van der Waals surface area (Å²) in [5.41, 5.74) is 5.93. The van der Waals surface area contributed by atoms with Gasteiger partial charge in [0, 0.05) is 0 Å². The number of hydrogen-bond acceptors (Lipinski definition) is 4. The Bertz CT molecular complexity index is 405. The van der Waals surface area contributed by atoms with Crippen LogP contribution in [-0.2, 0) is 9.53 Å². The minimum absolute atomic E-state index is 0.162. The maximum atomic E-state index is 11.2. The predicted molar refractivity (Wildman–Crippen MR) is 53.8 cm³/mol. The Kier molecular flexibility index (Phi) is 3.51. The topological polar surface area (TPSA) is 89.6 Å². The third-order valence-corrected chi connectivity index (χ3v) is 1.89. The van der Waals surface area contributed by atoms with E-state index in [9.17, 15) is 9.59 Å². The summed E-state index contributed by atoms with van der Waals surface area (Å²) in [7, 11) is 0. The monoisotopic (exact) mass is 229 g/mol. The highest BCUT2D eigenvalue weighted by Crippen LogP contribution is 2.19. The van der Waals surface area contributed by atoms with Gasteiger partial charge >= 0.3 is 11.9 Å². The first-order valence-electron chi connectivity index (χ1n) is 3.94. The average Bonchev–Trinajstić information content (AvgIpc) is 2.18. The second-order valence-electron chi connectivity index (χ2n) is 2.71. The zero-order chi connectivity index (χ0) is 11.4. The van der Waals surface area contributed by atoms with E-state index in [2.05, 4.69) is 4.74 Å². The molecule has 80 valence electrons. The Labute approximate surface area is 90.4 Å². The van der Waals surface area contributed by atoms with Crippen LogP contribution in [0, 0.1) is 0 Å². The summed E-state index contributed by atoms with van der Waals surface area (Å²) in [6, 6.07) is 4.17. The standard InChI is InChI=1S/C9H8ClNO4/c10-6-3-5(1-2-7(6)11)9(14)15-4-8(12)13/h1-3H,4,11H2,(H,12,13). The van der Waals surface area contributed by atoms with Crippen molar-refractivity contribution in [1.82, 2.24) is 0 Å². The van der Waals surface area contributed by atoms with E-state index in [0.29, 0.717) is 5.69 Å². The van der Waals surface area contributed by atoms with Crippen molar-refractivity contribution in [1.29, 1.82) is 0 Å². The van der Waals surface area contributed by atoms with Gasteiger partial charge in [-0.05, 0) is 18.2 Å². The van der Waals surface area contributed by atoms with Gasteiger partial charge in [-0.15, -0.1) is 0 Å². The summed E-state index contributed by atoms with van der Waals surface area (Å²) in [5, 5.41) is 8.51. The van der Waals surface area contributed by atoms with E-state index in [0.717, 1.165) is 0 Å². The molecule has 1 aromatic carbocycles. The smallest absolute Gasteiger partial charge is 0.341 e. The summed E-state index contributed by atoms with van der Waals surface area (Å²) in [6.45, 7) is -0.680. The van der Waals surface area contributed by atoms with Crippen LogP contribution in [0.3, 0.4) is 0 Å². The summed E-state index contributed by atoms with van der Waals surface area (Å²) >= 11 is 5.67. The number of carbonyl (C=O) groups is 2. The van der Waals surface area contributed by atoms with Crippen LogP contribution < -0.4 is 5.73 Å². The van der Waals surface area contributed by atoms with Gasteiger partial charge in [-0.25, -0.2) is 9.59 Å². The first kappa shape index (κ1) is 11.3. The summed E-state index contributed by atoms with van der Waals surface area (Å²) in [4.78, 5) is 21.4. The van der Waals surface area contributed by atoms with Crippen LogP contribution >= 0.6 is 11.6 Å². The van der Waals surface area contributed by atoms with Crippen LogP contribution in [-0.4, -0.2) is 23.7 Å². The third-order valence-electron chi connectivity index (χ3n) is 1.56. The number of esters is 1. The normalized spacial score (nSPS) is 9.67. The zero-order valence-corrected chi connectivity index (χ0v) is 8.32. The lowest BCUT2D eigenvalue weighted by Gasteiger charge is -2.03. The Morgan fingerprint density at radius 2 is 2.13 bits per heavy atom. The molecule has 0 bridgehead atoms. The van der Waals surface area contributed by atoms with Crippen molar-refractivity contribution in [3.05, 3.63) is 28.8 Å². The Hall–Kier alpha value is -1.75. The lowest BCUT2D eigenvalue weighted by atomic mass is 10.2. The fourth-order valence-corrected chi connectivity index (χ4v) is 1.05. The first-order chi connectivity index (χ1) is 7.00. The predicted octanol–water partition coefficient (Wildman–Crippen LogP) is 1.16. The molecular weight excluding hydrogens is 222 g/mol. The number of carbonyl (C=O) groups excluding carboxylic acids is 1. The molecule has 6 heteroatoms. The number of rotatable bonds is 3. The highest BCUT2D eigenvalue weighted by atomic mass is 35.5. The van der Waals surface area contributed by atoms with Crippen LogP contribution in [0.1, 0.15) is 10.4 Å². The highest BCUT2D eigenvalue weighted by Gasteiger charge is 2.10. The number of aliphatic carboxylic acids is 1. The molecule has 0 saturated carbocycles. The number of carboxylic acid groups (broad SMARTS) is 1. The van der Waals surface area contributed by atoms with Crippen molar-refractivity contribution in [2.45, 2.75) is 0 Å². The van der Waals surface area contributed by atoms with Gasteiger partial charge < -0.3 is 15.6 Å². The maximum absolute atomic E-state index is 11.2. The molecule has 0 heterocycles. The third kappa shape index (κ3) is 3.14. The summed E-state index contributed by atoms with van der Waals surface area (Å²) in [5.74, 6) is -1.97. The molecule has 0 spiro atoms. The molecule has 0 aliphatic carbocycles. The zero-order valence-electron chi connectivity index (χ0n) is 7.57. The molecule has 0 amide bonds. The van der Waals surface area contributed by atoms with Gasteiger partial charge in [0.05, 0.1) is 16.3 Å². The van der Waals surface area contributed by atoms with Crippen molar-refractivity contribution in [3.8, 4) is 0 Å². The van der Waals surface area contributed by atoms with Crippen molar-refractivity contribution in [2.75, 3.05) is 12.3 Å². The molecule has 1 aromatic rings. The number of anilines is 1. The highest BCUT2D eigenvalue weighted by molar-refractivity contribution is 6.33. The quantitative estimate of drug-likeness (QED) is 0.600. The Morgan fingerprint density at radius 1 is 1.47 bits per heavy atom. The van der Waals surface area contributed by atoms with E-state index in [1.807, 2.05) is 0 Å². The van der Waals surface area contributed by atoms with Crippen LogP contribution in [0.5, 0.6) is 0 Å². The fraction of sp³-hybridized carbons (Fsp3) is 0.111. The minimum Gasteiger partial charge on any atom is -0.479 e. The van der Waals surface area contributed by atoms with E-state index in [4.69, 9.17) is 22.4 Å². The van der Waals surface area contributed by atoms with Gasteiger partial charge in [-0.2, -0.15) is 0 Å². The molecule has 0 atom stereocenters. The SMILES string of the molecule is Nc1ccc(C(=O)OCC(=O)O)cc1Cl. The summed E-state index contributed by atoms with van der Waals surface area (Å²) < 4.78 is 4.45. The number of nitrogens with two attached hydrogens (primary N) is 1. The van der Waals surface area contributed by atoms with Crippen LogP contribution in [0.4, 0.5) is 5.69 Å². The van der Waals surface area contributed by atoms with E-state index in [-0.39, 0.29) is 10.6 Å².